The van der Waals surface area contributed by atoms with Gasteiger partial charge in [-0.2, -0.15) is 0 Å². The molecule has 2 aromatic rings. The average molecular weight is 286 g/mol. The first-order valence-electron chi connectivity index (χ1n) is 6.63. The number of hydrogen-bond donors (Lipinski definition) is 2. The number of carboxylic acid groups (broad SMARTS) is 1. The Morgan fingerprint density at radius 2 is 2.19 bits per heavy atom. The summed E-state index contributed by atoms with van der Waals surface area (Å²) in [6.45, 7) is 0. The zero-order valence-corrected chi connectivity index (χ0v) is 11.1. The first-order valence-corrected chi connectivity index (χ1v) is 6.63. The molecule has 0 bridgehead atoms. The van der Waals surface area contributed by atoms with Crippen LogP contribution in [0.2, 0.25) is 0 Å². The summed E-state index contributed by atoms with van der Waals surface area (Å²) in [5.74, 6) is -0.724. The van der Waals surface area contributed by atoms with Crippen molar-refractivity contribution in [3.63, 3.8) is 0 Å². The molecule has 7 nitrogen and oxygen atoms in total. The largest absolute Gasteiger partial charge is 0.480 e. The van der Waals surface area contributed by atoms with Gasteiger partial charge in [0.2, 0.25) is 0 Å². The van der Waals surface area contributed by atoms with Crippen molar-refractivity contribution in [2.45, 2.75) is 18.9 Å². The minimum atomic E-state index is -0.992. The number of carbonyl (C=O) groups excluding carboxylic acids is 1. The summed E-state index contributed by atoms with van der Waals surface area (Å²) in [6, 6.07) is 2.48. The van der Waals surface area contributed by atoms with E-state index in [1.165, 1.54) is 6.20 Å². The van der Waals surface area contributed by atoms with Gasteiger partial charge in [0.1, 0.15) is 18.2 Å². The first-order chi connectivity index (χ1) is 10.1. The second-order valence-electron chi connectivity index (χ2n) is 5.00. The van der Waals surface area contributed by atoms with Crippen molar-refractivity contribution >= 4 is 11.9 Å². The third-order valence-corrected chi connectivity index (χ3v) is 3.43. The second-order valence-corrected chi connectivity index (χ2v) is 5.00. The molecule has 2 N–H and O–H groups in total. The first kappa shape index (κ1) is 13.3. The van der Waals surface area contributed by atoms with Gasteiger partial charge in [0.05, 0.1) is 5.56 Å². The van der Waals surface area contributed by atoms with Crippen LogP contribution in [0.5, 0.6) is 0 Å². The van der Waals surface area contributed by atoms with E-state index >= 15 is 0 Å². The monoisotopic (exact) mass is 286 g/mol. The van der Waals surface area contributed by atoms with Gasteiger partial charge in [-0.1, -0.05) is 0 Å². The molecule has 21 heavy (non-hydrogen) atoms. The standard InChI is InChI=1S/C14H14N4O3/c19-13(17-12(14(20)21)9-1-2-9)10-3-4-11(16-7-10)18-6-5-15-8-18/h3-9,12H,1-2H2,(H,17,19)(H,20,21). The number of carboxylic acids is 1. The van der Waals surface area contributed by atoms with Gasteiger partial charge in [-0.15, -0.1) is 0 Å². The van der Waals surface area contributed by atoms with Crippen molar-refractivity contribution < 1.29 is 14.7 Å². The van der Waals surface area contributed by atoms with Crippen molar-refractivity contribution in [3.05, 3.63) is 42.6 Å². The van der Waals surface area contributed by atoms with Crippen LogP contribution in [-0.2, 0) is 4.79 Å². The van der Waals surface area contributed by atoms with E-state index in [4.69, 9.17) is 5.11 Å². The Balaban J connectivity index is 1.71. The Bertz CT molecular complexity index is 647. The van der Waals surface area contributed by atoms with Crippen LogP contribution in [-0.4, -0.2) is 37.6 Å². The third-order valence-electron chi connectivity index (χ3n) is 3.43. The van der Waals surface area contributed by atoms with Crippen LogP contribution in [0.1, 0.15) is 23.2 Å². The molecule has 0 aromatic carbocycles. The molecule has 1 aliphatic rings. The fourth-order valence-corrected chi connectivity index (χ4v) is 2.10. The highest BCUT2D eigenvalue weighted by atomic mass is 16.4. The molecular weight excluding hydrogens is 272 g/mol. The average Bonchev–Trinajstić information content (AvgIpc) is 3.17. The fourth-order valence-electron chi connectivity index (χ4n) is 2.10. The lowest BCUT2D eigenvalue weighted by Crippen LogP contribution is -2.42. The van der Waals surface area contributed by atoms with Gasteiger partial charge in [0, 0.05) is 18.6 Å². The minimum Gasteiger partial charge on any atom is -0.480 e. The van der Waals surface area contributed by atoms with Crippen LogP contribution in [0.4, 0.5) is 0 Å². The quantitative estimate of drug-likeness (QED) is 0.849. The highest BCUT2D eigenvalue weighted by molar-refractivity contribution is 5.96. The Kier molecular flexibility index (Phi) is 3.39. The number of amides is 1. The molecule has 2 heterocycles. The SMILES string of the molecule is O=C(NC(C(=O)O)C1CC1)c1ccc(-n2ccnc2)nc1. The Morgan fingerprint density at radius 1 is 1.38 bits per heavy atom. The fraction of sp³-hybridized carbons (Fsp3) is 0.286. The molecule has 1 amide bonds. The molecule has 0 radical (unpaired) electrons. The molecule has 0 spiro atoms. The van der Waals surface area contributed by atoms with Gasteiger partial charge in [0.15, 0.2) is 0 Å². The van der Waals surface area contributed by atoms with Gasteiger partial charge in [0.25, 0.3) is 5.91 Å². The summed E-state index contributed by atoms with van der Waals surface area (Å²) in [5.41, 5.74) is 0.339. The van der Waals surface area contributed by atoms with Gasteiger partial charge >= 0.3 is 5.97 Å². The molecule has 108 valence electrons. The molecule has 0 saturated heterocycles. The predicted octanol–water partition coefficient (Wildman–Crippen LogP) is 0.860. The highest BCUT2D eigenvalue weighted by Crippen LogP contribution is 2.32. The van der Waals surface area contributed by atoms with Crippen LogP contribution in [0, 0.1) is 5.92 Å². The summed E-state index contributed by atoms with van der Waals surface area (Å²) < 4.78 is 1.71. The van der Waals surface area contributed by atoms with Crippen molar-refractivity contribution in [1.29, 1.82) is 0 Å². The van der Waals surface area contributed by atoms with Gasteiger partial charge in [-0.3, -0.25) is 9.36 Å². The molecule has 1 aliphatic carbocycles. The second kappa shape index (κ2) is 5.35. The molecule has 2 aromatic heterocycles. The number of nitrogens with one attached hydrogen (secondary N) is 1. The maximum atomic E-state index is 12.1. The van der Waals surface area contributed by atoms with Gasteiger partial charge in [-0.25, -0.2) is 14.8 Å². The maximum Gasteiger partial charge on any atom is 0.326 e. The summed E-state index contributed by atoms with van der Waals surface area (Å²) >= 11 is 0. The van der Waals surface area contributed by atoms with Crippen LogP contribution in [0.15, 0.2) is 37.1 Å². The van der Waals surface area contributed by atoms with Crippen molar-refractivity contribution in [3.8, 4) is 5.82 Å². The number of aliphatic carboxylic acids is 1. The van der Waals surface area contributed by atoms with Gasteiger partial charge < -0.3 is 10.4 Å². The van der Waals surface area contributed by atoms with E-state index in [0.717, 1.165) is 12.8 Å². The molecule has 0 aliphatic heterocycles. The van der Waals surface area contributed by atoms with E-state index in [0.29, 0.717) is 11.4 Å². The third kappa shape index (κ3) is 2.91. The number of imidazole rings is 1. The Labute approximate surface area is 120 Å². The number of carbonyl (C=O) groups is 2. The van der Waals surface area contributed by atoms with E-state index in [2.05, 4.69) is 15.3 Å². The smallest absolute Gasteiger partial charge is 0.326 e. The van der Waals surface area contributed by atoms with Crippen molar-refractivity contribution in [2.75, 3.05) is 0 Å². The lowest BCUT2D eigenvalue weighted by atomic mass is 10.1. The molecule has 1 saturated carbocycles. The normalized spacial score (nSPS) is 15.4. The number of pyridine rings is 1. The van der Waals surface area contributed by atoms with Crippen molar-refractivity contribution in [1.82, 2.24) is 19.9 Å². The zero-order chi connectivity index (χ0) is 14.8. The lowest BCUT2D eigenvalue weighted by molar-refractivity contribution is -0.139. The van der Waals surface area contributed by atoms with Gasteiger partial charge in [-0.05, 0) is 30.9 Å². The molecule has 1 atom stereocenters. The van der Waals surface area contributed by atoms with E-state index in [1.54, 1.807) is 35.4 Å². The van der Waals surface area contributed by atoms with Crippen LogP contribution >= 0.6 is 0 Å². The van der Waals surface area contributed by atoms with Crippen LogP contribution in [0.3, 0.4) is 0 Å². The molecular formula is C14H14N4O3. The van der Waals surface area contributed by atoms with Crippen LogP contribution in [0.25, 0.3) is 5.82 Å². The topological polar surface area (TPSA) is 97.1 Å². The molecule has 3 rings (SSSR count). The molecule has 1 unspecified atom stereocenters. The molecule has 1 fully saturated rings. The minimum absolute atomic E-state index is 0.0460. The summed E-state index contributed by atoms with van der Waals surface area (Å²) in [7, 11) is 0. The summed E-state index contributed by atoms with van der Waals surface area (Å²) in [4.78, 5) is 31.3. The number of rotatable bonds is 5. The Hall–Kier alpha value is -2.70. The van der Waals surface area contributed by atoms with E-state index in [-0.39, 0.29) is 5.92 Å². The number of hydrogen-bond acceptors (Lipinski definition) is 4. The predicted molar refractivity (Wildman–Crippen MR) is 73.0 cm³/mol. The van der Waals surface area contributed by atoms with Crippen molar-refractivity contribution in [2.24, 2.45) is 5.92 Å². The summed E-state index contributed by atoms with van der Waals surface area (Å²) in [5, 5.41) is 11.7. The Morgan fingerprint density at radius 3 is 2.71 bits per heavy atom. The van der Waals surface area contributed by atoms with E-state index in [1.807, 2.05) is 0 Å². The maximum absolute atomic E-state index is 12.1. The van der Waals surface area contributed by atoms with E-state index in [9.17, 15) is 9.59 Å². The lowest BCUT2D eigenvalue weighted by Gasteiger charge is -2.13. The zero-order valence-electron chi connectivity index (χ0n) is 11.1. The number of aromatic nitrogens is 3. The van der Waals surface area contributed by atoms with E-state index < -0.39 is 17.9 Å². The highest BCUT2D eigenvalue weighted by Gasteiger charge is 2.37. The van der Waals surface area contributed by atoms with Crippen LogP contribution < -0.4 is 5.32 Å². The molecule has 7 heteroatoms. The summed E-state index contributed by atoms with van der Waals surface area (Å²) in [6.07, 6.45) is 8.10. The number of nitrogens with zero attached hydrogens (tertiary/aromatic N) is 3.